The number of rotatable bonds is 2. The predicted octanol–water partition coefficient (Wildman–Crippen LogP) is 12.0. The van der Waals surface area contributed by atoms with Gasteiger partial charge in [0.2, 0.25) is 0 Å². The van der Waals surface area contributed by atoms with Crippen LogP contribution in [-0.2, 0) is 0 Å². The molecule has 10 aromatic rings. The smallest absolute Gasteiger partial charge is 0.00206 e. The highest BCUT2D eigenvalue weighted by Crippen LogP contribution is 2.46. The van der Waals surface area contributed by atoms with Crippen molar-refractivity contribution in [1.82, 2.24) is 0 Å². The molecule has 0 nitrogen and oxygen atoms in total. The van der Waals surface area contributed by atoms with Crippen molar-refractivity contribution in [2.75, 3.05) is 0 Å². The van der Waals surface area contributed by atoms with Gasteiger partial charge in [0.05, 0.1) is 0 Å². The van der Waals surface area contributed by atoms with Gasteiger partial charge in [-0.3, -0.25) is 0 Å². The molecule has 0 unspecified atom stereocenters. The molecule has 0 aliphatic carbocycles. The van der Waals surface area contributed by atoms with E-state index in [0.717, 1.165) is 0 Å². The van der Waals surface area contributed by atoms with Crippen molar-refractivity contribution in [3.63, 3.8) is 0 Å². The van der Waals surface area contributed by atoms with Gasteiger partial charge in [0.1, 0.15) is 0 Å². The summed E-state index contributed by atoms with van der Waals surface area (Å²) >= 11 is 0. The van der Waals surface area contributed by atoms with E-state index >= 15 is 0 Å². The first-order valence-corrected chi connectivity index (χ1v) is 14.7. The van der Waals surface area contributed by atoms with Crippen molar-refractivity contribution in [3.8, 4) is 22.3 Å². The largest absolute Gasteiger partial charge is 0.0616 e. The van der Waals surface area contributed by atoms with Crippen LogP contribution in [0.3, 0.4) is 0 Å². The highest BCUT2D eigenvalue weighted by atomic mass is 14.2. The van der Waals surface area contributed by atoms with Gasteiger partial charge in [-0.2, -0.15) is 0 Å². The van der Waals surface area contributed by atoms with Crippen LogP contribution in [0.15, 0.2) is 146 Å². The van der Waals surface area contributed by atoms with Crippen molar-refractivity contribution in [2.45, 2.75) is 0 Å². The Bertz CT molecular complexity index is 2450. The quantitative estimate of drug-likeness (QED) is 0.196. The Hall–Kier alpha value is -5.46. The SMILES string of the molecule is c1ccc2cc(-c3ccc4ccc5cccc6ccc3c4c56)c(-c3ccc4ccc5cccc6ccc3c4c56)cc2c1. The van der Waals surface area contributed by atoms with Crippen molar-refractivity contribution in [2.24, 2.45) is 0 Å². The van der Waals surface area contributed by atoms with Crippen LogP contribution in [-0.4, -0.2) is 0 Å². The van der Waals surface area contributed by atoms with Crippen molar-refractivity contribution >= 4 is 75.4 Å². The zero-order valence-corrected chi connectivity index (χ0v) is 22.9. The maximum Gasteiger partial charge on any atom is -0.00206 e. The minimum atomic E-state index is 1.26. The highest BCUT2D eigenvalue weighted by Gasteiger charge is 2.18. The molecule has 0 amide bonds. The first kappa shape index (κ1) is 22.3. The van der Waals surface area contributed by atoms with Crippen LogP contribution in [0.5, 0.6) is 0 Å². The van der Waals surface area contributed by atoms with Crippen molar-refractivity contribution in [3.05, 3.63) is 146 Å². The third-order valence-corrected chi connectivity index (χ3v) is 9.52. The van der Waals surface area contributed by atoms with Gasteiger partial charge in [-0.15, -0.1) is 0 Å². The molecular weight excluding hydrogens is 504 g/mol. The average Bonchev–Trinajstić information content (AvgIpc) is 3.05. The topological polar surface area (TPSA) is 0 Å². The van der Waals surface area contributed by atoms with E-state index in [2.05, 4.69) is 146 Å². The lowest BCUT2D eigenvalue weighted by Gasteiger charge is -2.19. The summed E-state index contributed by atoms with van der Waals surface area (Å²) in [5.74, 6) is 0. The summed E-state index contributed by atoms with van der Waals surface area (Å²) in [4.78, 5) is 0. The average molecular weight is 529 g/mol. The van der Waals surface area contributed by atoms with E-state index in [1.807, 2.05) is 0 Å². The standard InChI is InChI=1S/C42H24/c1-2-6-32-24-38(34-20-16-30-14-12-26-8-4-10-28-18-22-36(34)42(30)40(26)28)37(23-31(32)5-1)33-19-15-29-13-11-25-7-3-9-27-17-21-35(33)41(29)39(25)27/h1-24H. The summed E-state index contributed by atoms with van der Waals surface area (Å²) in [6, 6.07) is 54.5. The Morgan fingerprint density at radius 2 is 0.548 bits per heavy atom. The number of hydrogen-bond donors (Lipinski definition) is 0. The van der Waals surface area contributed by atoms with Crippen LogP contribution in [0.2, 0.25) is 0 Å². The molecule has 0 spiro atoms. The van der Waals surface area contributed by atoms with E-state index in [-0.39, 0.29) is 0 Å². The van der Waals surface area contributed by atoms with Gasteiger partial charge in [-0.25, -0.2) is 0 Å². The van der Waals surface area contributed by atoms with Gasteiger partial charge in [0.25, 0.3) is 0 Å². The molecule has 0 aliphatic heterocycles. The fourth-order valence-corrected chi connectivity index (χ4v) is 7.63. The zero-order valence-electron chi connectivity index (χ0n) is 22.9. The third-order valence-electron chi connectivity index (χ3n) is 9.52. The number of hydrogen-bond acceptors (Lipinski definition) is 0. The molecule has 0 heteroatoms. The molecule has 42 heavy (non-hydrogen) atoms. The van der Waals surface area contributed by atoms with Gasteiger partial charge in [0.15, 0.2) is 0 Å². The summed E-state index contributed by atoms with van der Waals surface area (Å²) in [7, 11) is 0. The van der Waals surface area contributed by atoms with Crippen LogP contribution >= 0.6 is 0 Å². The number of fused-ring (bicyclic) bond motifs is 1. The molecule has 0 fully saturated rings. The Morgan fingerprint density at radius 3 is 0.976 bits per heavy atom. The van der Waals surface area contributed by atoms with E-state index in [4.69, 9.17) is 0 Å². The predicted molar refractivity (Wildman–Crippen MR) is 182 cm³/mol. The van der Waals surface area contributed by atoms with Crippen LogP contribution in [0.1, 0.15) is 0 Å². The Labute approximate surface area is 242 Å². The third kappa shape index (κ3) is 2.91. The monoisotopic (exact) mass is 528 g/mol. The first-order valence-electron chi connectivity index (χ1n) is 14.7. The summed E-state index contributed by atoms with van der Waals surface area (Å²) < 4.78 is 0. The molecule has 0 saturated carbocycles. The van der Waals surface area contributed by atoms with Crippen LogP contribution in [0.25, 0.3) is 97.7 Å². The Kier molecular flexibility index (Phi) is 4.27. The molecular formula is C42H24. The second-order valence-corrected chi connectivity index (χ2v) is 11.7. The molecule has 0 radical (unpaired) electrons. The highest BCUT2D eigenvalue weighted by molar-refractivity contribution is 6.28. The fraction of sp³-hybridized carbons (Fsp3) is 0. The van der Waals surface area contributed by atoms with Gasteiger partial charge >= 0.3 is 0 Å². The van der Waals surface area contributed by atoms with E-state index in [0.29, 0.717) is 0 Å². The normalized spacial score (nSPS) is 12.3. The molecule has 0 bridgehead atoms. The summed E-state index contributed by atoms with van der Waals surface area (Å²) in [5, 5.41) is 18.4. The Balaban J connectivity index is 1.36. The molecule has 192 valence electrons. The summed E-state index contributed by atoms with van der Waals surface area (Å²) in [6.45, 7) is 0. The number of benzene rings is 10. The molecule has 10 aromatic carbocycles. The minimum absolute atomic E-state index is 1.26. The van der Waals surface area contributed by atoms with E-state index in [9.17, 15) is 0 Å². The zero-order chi connectivity index (χ0) is 27.4. The van der Waals surface area contributed by atoms with E-state index in [1.54, 1.807) is 0 Å². The Morgan fingerprint density at radius 1 is 0.214 bits per heavy atom. The van der Waals surface area contributed by atoms with Gasteiger partial charge < -0.3 is 0 Å². The molecule has 0 saturated heterocycles. The van der Waals surface area contributed by atoms with Gasteiger partial charge in [-0.1, -0.05) is 133 Å². The molecule has 0 heterocycles. The van der Waals surface area contributed by atoms with Crippen LogP contribution in [0.4, 0.5) is 0 Å². The lowest BCUT2D eigenvalue weighted by atomic mass is 9.84. The molecule has 10 rings (SSSR count). The van der Waals surface area contributed by atoms with Crippen molar-refractivity contribution in [1.29, 1.82) is 0 Å². The fourth-order valence-electron chi connectivity index (χ4n) is 7.63. The molecule has 0 aliphatic rings. The maximum atomic E-state index is 2.41. The first-order chi connectivity index (χ1) is 20.8. The molecule has 0 N–H and O–H groups in total. The van der Waals surface area contributed by atoms with Crippen LogP contribution < -0.4 is 0 Å². The van der Waals surface area contributed by atoms with Crippen molar-refractivity contribution < 1.29 is 0 Å². The van der Waals surface area contributed by atoms with E-state index < -0.39 is 0 Å². The van der Waals surface area contributed by atoms with Gasteiger partial charge in [-0.05, 0) is 110 Å². The lowest BCUT2D eigenvalue weighted by Crippen LogP contribution is -1.92. The molecule has 0 atom stereocenters. The van der Waals surface area contributed by atoms with Gasteiger partial charge in [0, 0.05) is 0 Å². The van der Waals surface area contributed by atoms with E-state index in [1.165, 1.54) is 97.7 Å². The lowest BCUT2D eigenvalue weighted by molar-refractivity contribution is 1.66. The summed E-state index contributed by atoms with van der Waals surface area (Å²) in [5.41, 5.74) is 5.13. The molecule has 0 aromatic heterocycles. The minimum Gasteiger partial charge on any atom is -0.0616 e. The maximum absolute atomic E-state index is 2.41. The van der Waals surface area contributed by atoms with Crippen LogP contribution in [0, 0.1) is 0 Å². The second kappa shape index (κ2) is 8.06. The summed E-state index contributed by atoms with van der Waals surface area (Å²) in [6.07, 6.45) is 0. The second-order valence-electron chi connectivity index (χ2n) is 11.7.